The van der Waals surface area contributed by atoms with Crippen molar-refractivity contribution < 1.29 is 9.47 Å². The first-order valence-corrected chi connectivity index (χ1v) is 5.07. The Hall–Kier alpha value is 0.170. The van der Waals surface area contributed by atoms with Crippen LogP contribution < -0.4 is 5.32 Å². The molecular weight excluding hydrogens is 202 g/mol. The first-order chi connectivity index (χ1) is 6.38. The molecule has 14 heavy (non-hydrogen) atoms. The summed E-state index contributed by atoms with van der Waals surface area (Å²) < 4.78 is 10.5. The number of ether oxygens (including phenoxy) is 2. The van der Waals surface area contributed by atoms with Crippen molar-refractivity contribution in [2.75, 3.05) is 40.5 Å². The van der Waals surface area contributed by atoms with E-state index in [0.29, 0.717) is 0 Å². The predicted octanol–water partition coefficient (Wildman–Crippen LogP) is 0.783. The quantitative estimate of drug-likeness (QED) is 0.761. The fourth-order valence-corrected chi connectivity index (χ4v) is 3.03. The van der Waals surface area contributed by atoms with Crippen molar-refractivity contribution in [2.24, 2.45) is 23.7 Å². The topological polar surface area (TPSA) is 30.5 Å². The van der Waals surface area contributed by atoms with Gasteiger partial charge in [-0.15, -0.1) is 12.4 Å². The molecular formula is C10H20ClNO2. The van der Waals surface area contributed by atoms with Gasteiger partial charge in [0, 0.05) is 27.4 Å². The summed E-state index contributed by atoms with van der Waals surface area (Å²) in [4.78, 5) is 0. The van der Waals surface area contributed by atoms with Crippen LogP contribution >= 0.6 is 12.4 Å². The fraction of sp³-hybridized carbons (Fsp3) is 1.00. The van der Waals surface area contributed by atoms with Crippen LogP contribution in [0.3, 0.4) is 0 Å². The third-order valence-corrected chi connectivity index (χ3v) is 3.68. The molecule has 1 N–H and O–H groups in total. The zero-order valence-electron chi connectivity index (χ0n) is 8.86. The van der Waals surface area contributed by atoms with Gasteiger partial charge in [0.15, 0.2) is 0 Å². The fourth-order valence-electron chi connectivity index (χ4n) is 3.03. The average molecular weight is 222 g/mol. The molecule has 2 fully saturated rings. The van der Waals surface area contributed by atoms with E-state index in [1.54, 1.807) is 14.2 Å². The molecule has 2 rings (SSSR count). The Labute approximate surface area is 91.9 Å². The zero-order valence-corrected chi connectivity index (χ0v) is 9.68. The standard InChI is InChI=1S/C10H19NO2.ClH/c1-12-5-9-7-3-11-4-8(7)10(9)6-13-2;/h7-11H,3-6H2,1-2H3;1H. The lowest BCUT2D eigenvalue weighted by Crippen LogP contribution is -2.50. The lowest BCUT2D eigenvalue weighted by molar-refractivity contribution is -0.0696. The van der Waals surface area contributed by atoms with E-state index in [9.17, 15) is 0 Å². The van der Waals surface area contributed by atoms with E-state index in [1.165, 1.54) is 13.1 Å². The van der Waals surface area contributed by atoms with Crippen molar-refractivity contribution in [3.63, 3.8) is 0 Å². The highest BCUT2D eigenvalue weighted by Crippen LogP contribution is 2.48. The molecule has 4 unspecified atom stereocenters. The molecule has 4 atom stereocenters. The number of fused-ring (bicyclic) bond motifs is 1. The summed E-state index contributed by atoms with van der Waals surface area (Å²) in [5.74, 6) is 3.15. The van der Waals surface area contributed by atoms with Crippen LogP contribution in [0.4, 0.5) is 0 Å². The van der Waals surface area contributed by atoms with E-state index < -0.39 is 0 Å². The van der Waals surface area contributed by atoms with Crippen LogP contribution in [0, 0.1) is 23.7 Å². The lowest BCUT2D eigenvalue weighted by atomic mass is 9.59. The Morgan fingerprint density at radius 2 is 1.43 bits per heavy atom. The van der Waals surface area contributed by atoms with Crippen LogP contribution in [0.2, 0.25) is 0 Å². The summed E-state index contributed by atoms with van der Waals surface area (Å²) in [6.45, 7) is 4.16. The molecule has 1 aliphatic heterocycles. The Balaban J connectivity index is 0.000000980. The second-order valence-corrected chi connectivity index (χ2v) is 4.22. The molecule has 0 amide bonds. The van der Waals surface area contributed by atoms with E-state index in [0.717, 1.165) is 36.9 Å². The highest BCUT2D eigenvalue weighted by molar-refractivity contribution is 5.85. The minimum atomic E-state index is 0. The number of hydrogen-bond donors (Lipinski definition) is 1. The molecule has 1 saturated carbocycles. The van der Waals surface area contributed by atoms with Crippen molar-refractivity contribution >= 4 is 12.4 Å². The smallest absolute Gasteiger partial charge is 0.0497 e. The highest BCUT2D eigenvalue weighted by atomic mass is 35.5. The van der Waals surface area contributed by atoms with E-state index in [1.807, 2.05) is 0 Å². The molecule has 0 aromatic rings. The molecule has 1 heterocycles. The second-order valence-electron chi connectivity index (χ2n) is 4.22. The van der Waals surface area contributed by atoms with Crippen molar-refractivity contribution in [2.45, 2.75) is 0 Å². The molecule has 2 aliphatic rings. The summed E-state index contributed by atoms with van der Waals surface area (Å²) in [6, 6.07) is 0. The highest BCUT2D eigenvalue weighted by Gasteiger charge is 2.51. The number of methoxy groups -OCH3 is 2. The number of rotatable bonds is 4. The van der Waals surface area contributed by atoms with Gasteiger partial charge in [0.2, 0.25) is 0 Å². The normalized spacial score (nSPS) is 39.9. The van der Waals surface area contributed by atoms with Crippen molar-refractivity contribution in [3.05, 3.63) is 0 Å². The third kappa shape index (κ3) is 1.91. The number of nitrogens with one attached hydrogen (secondary N) is 1. The van der Waals surface area contributed by atoms with Gasteiger partial charge in [0.05, 0.1) is 0 Å². The maximum absolute atomic E-state index is 5.25. The van der Waals surface area contributed by atoms with Gasteiger partial charge < -0.3 is 14.8 Å². The van der Waals surface area contributed by atoms with E-state index in [-0.39, 0.29) is 12.4 Å². The summed E-state index contributed by atoms with van der Waals surface area (Å²) >= 11 is 0. The minimum Gasteiger partial charge on any atom is -0.384 e. The third-order valence-electron chi connectivity index (χ3n) is 3.68. The molecule has 0 spiro atoms. The summed E-state index contributed by atoms with van der Waals surface area (Å²) in [5.41, 5.74) is 0. The van der Waals surface area contributed by atoms with Gasteiger partial charge in [-0.05, 0) is 36.8 Å². The number of halogens is 1. The molecule has 0 radical (unpaired) electrons. The van der Waals surface area contributed by atoms with Gasteiger partial charge in [-0.25, -0.2) is 0 Å². The van der Waals surface area contributed by atoms with Crippen LogP contribution in [0.1, 0.15) is 0 Å². The van der Waals surface area contributed by atoms with Gasteiger partial charge in [-0.3, -0.25) is 0 Å². The second kappa shape index (κ2) is 5.31. The molecule has 3 nitrogen and oxygen atoms in total. The predicted molar refractivity (Wildman–Crippen MR) is 57.8 cm³/mol. The Kier molecular flexibility index (Phi) is 4.64. The Morgan fingerprint density at radius 3 is 1.79 bits per heavy atom. The van der Waals surface area contributed by atoms with Gasteiger partial charge in [-0.1, -0.05) is 0 Å². The Morgan fingerprint density at radius 1 is 1.00 bits per heavy atom. The molecule has 0 bridgehead atoms. The molecule has 1 aliphatic carbocycles. The van der Waals surface area contributed by atoms with Crippen LogP contribution in [-0.4, -0.2) is 40.5 Å². The molecule has 0 aromatic carbocycles. The maximum atomic E-state index is 5.25. The van der Waals surface area contributed by atoms with Crippen LogP contribution in [0.5, 0.6) is 0 Å². The van der Waals surface area contributed by atoms with Crippen LogP contribution in [0.25, 0.3) is 0 Å². The monoisotopic (exact) mass is 221 g/mol. The van der Waals surface area contributed by atoms with Crippen molar-refractivity contribution in [1.82, 2.24) is 5.32 Å². The maximum Gasteiger partial charge on any atom is 0.0497 e. The first kappa shape index (κ1) is 12.2. The van der Waals surface area contributed by atoms with Crippen LogP contribution in [0.15, 0.2) is 0 Å². The minimum absolute atomic E-state index is 0. The van der Waals surface area contributed by atoms with Crippen LogP contribution in [-0.2, 0) is 9.47 Å². The van der Waals surface area contributed by atoms with E-state index >= 15 is 0 Å². The molecule has 1 saturated heterocycles. The Bertz CT molecular complexity index is 162. The van der Waals surface area contributed by atoms with E-state index in [2.05, 4.69) is 5.32 Å². The zero-order chi connectivity index (χ0) is 9.26. The average Bonchev–Trinajstić information content (AvgIpc) is 2.55. The molecule has 0 aromatic heterocycles. The van der Waals surface area contributed by atoms with Gasteiger partial charge in [0.1, 0.15) is 0 Å². The van der Waals surface area contributed by atoms with E-state index in [4.69, 9.17) is 9.47 Å². The first-order valence-electron chi connectivity index (χ1n) is 5.07. The SMILES string of the molecule is COCC1C2CNCC2C1COC.Cl. The van der Waals surface area contributed by atoms with Gasteiger partial charge in [-0.2, -0.15) is 0 Å². The molecule has 4 heteroatoms. The summed E-state index contributed by atoms with van der Waals surface area (Å²) in [6.07, 6.45) is 0. The summed E-state index contributed by atoms with van der Waals surface area (Å²) in [7, 11) is 3.58. The number of hydrogen-bond acceptors (Lipinski definition) is 3. The lowest BCUT2D eigenvalue weighted by Gasteiger charge is -2.47. The van der Waals surface area contributed by atoms with Gasteiger partial charge in [0.25, 0.3) is 0 Å². The largest absolute Gasteiger partial charge is 0.384 e. The van der Waals surface area contributed by atoms with Crippen molar-refractivity contribution in [1.29, 1.82) is 0 Å². The summed E-state index contributed by atoms with van der Waals surface area (Å²) in [5, 5.41) is 3.45. The van der Waals surface area contributed by atoms with Gasteiger partial charge >= 0.3 is 0 Å². The van der Waals surface area contributed by atoms with Crippen molar-refractivity contribution in [3.8, 4) is 0 Å². The molecule has 84 valence electrons.